The standard InChI is InChI=1S/C15H14F2N6OS/c1-9(13(16)17)23-8-11(19-22-23)14(24)18-7-12-20-21-15(25-12)10-5-3-2-4-6-10/h2-6,8-9,13H,7H2,1H3,(H,18,24)/t9-/m1/s1. The number of carbonyl (C=O) groups is 1. The molecule has 0 aliphatic heterocycles. The lowest BCUT2D eigenvalue weighted by Crippen LogP contribution is -2.23. The topological polar surface area (TPSA) is 85.6 Å². The molecule has 130 valence electrons. The van der Waals surface area contributed by atoms with Gasteiger partial charge in [-0.25, -0.2) is 13.5 Å². The molecule has 0 bridgehead atoms. The van der Waals surface area contributed by atoms with Gasteiger partial charge in [-0.05, 0) is 6.92 Å². The van der Waals surface area contributed by atoms with Crippen molar-refractivity contribution in [3.63, 3.8) is 0 Å². The average Bonchev–Trinajstić information content (AvgIpc) is 3.29. The molecule has 0 fully saturated rings. The van der Waals surface area contributed by atoms with Crippen LogP contribution in [-0.2, 0) is 6.54 Å². The molecule has 0 radical (unpaired) electrons. The van der Waals surface area contributed by atoms with Crippen LogP contribution in [0, 0.1) is 0 Å². The van der Waals surface area contributed by atoms with Crippen molar-refractivity contribution >= 4 is 17.2 Å². The van der Waals surface area contributed by atoms with E-state index < -0.39 is 18.4 Å². The number of hydrogen-bond acceptors (Lipinski definition) is 6. The lowest BCUT2D eigenvalue weighted by molar-refractivity contribution is 0.0843. The highest BCUT2D eigenvalue weighted by molar-refractivity contribution is 7.14. The summed E-state index contributed by atoms with van der Waals surface area (Å²) in [4.78, 5) is 12.0. The second-order valence-electron chi connectivity index (χ2n) is 5.21. The summed E-state index contributed by atoms with van der Waals surface area (Å²) in [7, 11) is 0. The van der Waals surface area contributed by atoms with E-state index in [2.05, 4.69) is 25.8 Å². The van der Waals surface area contributed by atoms with E-state index in [0.29, 0.717) is 5.01 Å². The molecule has 0 aliphatic carbocycles. The Hall–Kier alpha value is -2.75. The fourth-order valence-corrected chi connectivity index (χ4v) is 2.75. The van der Waals surface area contributed by atoms with Crippen molar-refractivity contribution in [1.82, 2.24) is 30.5 Å². The van der Waals surface area contributed by atoms with Gasteiger partial charge in [0, 0.05) is 5.56 Å². The number of nitrogens with zero attached hydrogens (tertiary/aromatic N) is 5. The highest BCUT2D eigenvalue weighted by atomic mass is 32.1. The quantitative estimate of drug-likeness (QED) is 0.726. The normalized spacial score (nSPS) is 12.3. The van der Waals surface area contributed by atoms with Gasteiger partial charge in [0.15, 0.2) is 5.69 Å². The van der Waals surface area contributed by atoms with Crippen molar-refractivity contribution in [2.75, 3.05) is 0 Å². The maximum absolute atomic E-state index is 12.6. The zero-order chi connectivity index (χ0) is 17.8. The van der Waals surface area contributed by atoms with Gasteiger partial charge in [-0.2, -0.15) is 0 Å². The molecule has 0 spiro atoms. The van der Waals surface area contributed by atoms with E-state index >= 15 is 0 Å². The van der Waals surface area contributed by atoms with Gasteiger partial charge in [0.1, 0.15) is 16.1 Å². The smallest absolute Gasteiger partial charge is 0.273 e. The molecule has 0 unspecified atom stereocenters. The van der Waals surface area contributed by atoms with Crippen molar-refractivity contribution in [2.45, 2.75) is 25.9 Å². The molecule has 3 rings (SSSR count). The maximum atomic E-state index is 12.6. The molecule has 25 heavy (non-hydrogen) atoms. The van der Waals surface area contributed by atoms with Gasteiger partial charge in [-0.3, -0.25) is 4.79 Å². The van der Waals surface area contributed by atoms with Crippen LogP contribution in [0.15, 0.2) is 36.5 Å². The Bertz CT molecular complexity index is 851. The van der Waals surface area contributed by atoms with Crippen LogP contribution >= 0.6 is 11.3 Å². The molecule has 0 saturated heterocycles. The maximum Gasteiger partial charge on any atom is 0.273 e. The van der Waals surface area contributed by atoms with E-state index in [4.69, 9.17) is 0 Å². The summed E-state index contributed by atoms with van der Waals surface area (Å²) in [5.74, 6) is -0.510. The van der Waals surface area contributed by atoms with Gasteiger partial charge < -0.3 is 5.32 Å². The summed E-state index contributed by atoms with van der Waals surface area (Å²) < 4.78 is 26.2. The molecular weight excluding hydrogens is 350 g/mol. The van der Waals surface area contributed by atoms with Crippen LogP contribution in [0.1, 0.15) is 28.5 Å². The molecule has 1 amide bonds. The van der Waals surface area contributed by atoms with Crippen molar-refractivity contribution in [3.8, 4) is 10.6 Å². The largest absolute Gasteiger partial charge is 0.344 e. The van der Waals surface area contributed by atoms with Crippen LogP contribution in [0.4, 0.5) is 8.78 Å². The number of alkyl halides is 2. The SMILES string of the molecule is C[C@H](C(F)F)n1cc(C(=O)NCc2nnc(-c3ccccc3)s2)nn1. The first-order valence-corrected chi connectivity index (χ1v) is 8.22. The van der Waals surface area contributed by atoms with Gasteiger partial charge in [0.2, 0.25) is 0 Å². The van der Waals surface area contributed by atoms with Crippen LogP contribution in [0.5, 0.6) is 0 Å². The molecule has 3 aromatic rings. The predicted octanol–water partition coefficient (Wildman–Crippen LogP) is 2.55. The molecule has 1 N–H and O–H groups in total. The lowest BCUT2D eigenvalue weighted by Gasteiger charge is -2.08. The Labute approximate surface area is 145 Å². The summed E-state index contributed by atoms with van der Waals surface area (Å²) in [6, 6.07) is 8.42. The number of halogens is 2. The molecule has 10 heteroatoms. The minimum absolute atomic E-state index is 0.0275. The predicted molar refractivity (Wildman–Crippen MR) is 87.3 cm³/mol. The summed E-state index contributed by atoms with van der Waals surface area (Å²) in [5, 5.41) is 19.3. The van der Waals surface area contributed by atoms with E-state index in [1.54, 1.807) is 0 Å². The fraction of sp³-hybridized carbons (Fsp3) is 0.267. The van der Waals surface area contributed by atoms with E-state index in [1.165, 1.54) is 24.5 Å². The van der Waals surface area contributed by atoms with Crippen LogP contribution in [0.3, 0.4) is 0 Å². The fourth-order valence-electron chi connectivity index (χ4n) is 1.96. The van der Waals surface area contributed by atoms with Gasteiger partial charge >= 0.3 is 0 Å². The first-order valence-electron chi connectivity index (χ1n) is 7.40. The van der Waals surface area contributed by atoms with Crippen LogP contribution in [0.25, 0.3) is 10.6 Å². The molecular formula is C15H14F2N6OS. The molecule has 7 nitrogen and oxygen atoms in total. The number of nitrogens with one attached hydrogen (secondary N) is 1. The van der Waals surface area contributed by atoms with Gasteiger partial charge in [0.25, 0.3) is 12.3 Å². The van der Waals surface area contributed by atoms with Crippen LogP contribution < -0.4 is 5.32 Å². The zero-order valence-electron chi connectivity index (χ0n) is 13.1. The Kier molecular flexibility index (Phi) is 5.08. The van der Waals surface area contributed by atoms with E-state index in [9.17, 15) is 13.6 Å². The minimum atomic E-state index is -2.59. The third-order valence-electron chi connectivity index (χ3n) is 3.41. The Morgan fingerprint density at radius 3 is 2.72 bits per heavy atom. The zero-order valence-corrected chi connectivity index (χ0v) is 14.0. The van der Waals surface area contributed by atoms with Crippen molar-refractivity contribution in [1.29, 1.82) is 0 Å². The Morgan fingerprint density at radius 1 is 1.24 bits per heavy atom. The van der Waals surface area contributed by atoms with E-state index in [-0.39, 0.29) is 12.2 Å². The van der Waals surface area contributed by atoms with Crippen molar-refractivity contribution < 1.29 is 13.6 Å². The van der Waals surface area contributed by atoms with Gasteiger partial charge in [-0.1, -0.05) is 46.9 Å². The van der Waals surface area contributed by atoms with Crippen LogP contribution in [-0.4, -0.2) is 37.5 Å². The number of amides is 1. The summed E-state index contributed by atoms with van der Waals surface area (Å²) >= 11 is 1.36. The second-order valence-corrected chi connectivity index (χ2v) is 6.27. The summed E-state index contributed by atoms with van der Waals surface area (Å²) in [5.41, 5.74) is 0.918. The third-order valence-corrected chi connectivity index (χ3v) is 4.38. The number of hydrogen-bond donors (Lipinski definition) is 1. The van der Waals surface area contributed by atoms with E-state index in [0.717, 1.165) is 15.3 Å². The highest BCUT2D eigenvalue weighted by Crippen LogP contribution is 2.22. The third kappa shape index (κ3) is 4.02. The minimum Gasteiger partial charge on any atom is -0.344 e. The Morgan fingerprint density at radius 2 is 2.00 bits per heavy atom. The molecule has 2 aromatic heterocycles. The highest BCUT2D eigenvalue weighted by Gasteiger charge is 2.20. The molecule has 0 aliphatic rings. The number of carbonyl (C=O) groups excluding carboxylic acids is 1. The monoisotopic (exact) mass is 364 g/mol. The first-order chi connectivity index (χ1) is 12.0. The van der Waals surface area contributed by atoms with Crippen molar-refractivity contribution in [2.24, 2.45) is 0 Å². The van der Waals surface area contributed by atoms with E-state index in [1.807, 2.05) is 30.3 Å². The first kappa shape index (κ1) is 17.1. The summed E-state index contributed by atoms with van der Waals surface area (Å²) in [6.45, 7) is 1.47. The summed E-state index contributed by atoms with van der Waals surface area (Å²) in [6.07, 6.45) is -1.39. The molecule has 2 heterocycles. The number of aromatic nitrogens is 5. The average molecular weight is 364 g/mol. The number of benzene rings is 1. The Balaban J connectivity index is 1.60. The number of rotatable bonds is 6. The van der Waals surface area contributed by atoms with Gasteiger partial charge in [0.05, 0.1) is 12.7 Å². The second kappa shape index (κ2) is 7.43. The molecule has 0 saturated carbocycles. The van der Waals surface area contributed by atoms with Crippen molar-refractivity contribution in [3.05, 3.63) is 47.2 Å². The molecule has 1 aromatic carbocycles. The van der Waals surface area contributed by atoms with Crippen LogP contribution in [0.2, 0.25) is 0 Å². The van der Waals surface area contributed by atoms with Gasteiger partial charge in [-0.15, -0.1) is 15.3 Å². The molecule has 1 atom stereocenters. The lowest BCUT2D eigenvalue weighted by atomic mass is 10.2.